The highest BCUT2D eigenvalue weighted by molar-refractivity contribution is 6.09. The molecule has 0 spiro atoms. The quantitative estimate of drug-likeness (QED) is 0.813. The Morgan fingerprint density at radius 1 is 1.00 bits per heavy atom. The molecule has 0 fully saturated rings. The molecule has 2 aromatic carbocycles. The highest BCUT2D eigenvalue weighted by Crippen LogP contribution is 2.15. The van der Waals surface area contributed by atoms with Crippen LogP contribution in [0.1, 0.15) is 21.5 Å². The summed E-state index contributed by atoms with van der Waals surface area (Å²) in [6.45, 7) is 0.874. The molecule has 0 unspecified atom stereocenters. The van der Waals surface area contributed by atoms with Crippen molar-refractivity contribution in [1.29, 1.82) is 0 Å². The summed E-state index contributed by atoms with van der Waals surface area (Å²) in [5.41, 5.74) is 2.65. The average Bonchev–Trinajstić information content (AvgIpc) is 2.45. The van der Waals surface area contributed by atoms with Crippen LogP contribution >= 0.6 is 0 Å². The Morgan fingerprint density at radius 3 is 2.39 bits per heavy atom. The van der Waals surface area contributed by atoms with Crippen molar-refractivity contribution < 1.29 is 4.79 Å². The zero-order valence-corrected chi connectivity index (χ0v) is 10.5. The number of carbonyl (C=O) groups excluding carboxylic acids is 1. The Labute approximate surface area is 108 Å². The predicted octanol–water partition coefficient (Wildman–Crippen LogP) is 2.68. The summed E-state index contributed by atoms with van der Waals surface area (Å²) in [6, 6.07) is 17.2. The molecule has 2 heteroatoms. The largest absolute Gasteiger partial charge is 0.319 e. The molecule has 0 bridgehead atoms. The van der Waals surface area contributed by atoms with Gasteiger partial charge in [-0.2, -0.15) is 0 Å². The standard InChI is InChI=1S/C16H17NO/c1-17-12-11-13-7-5-6-10-15(13)16(18)14-8-3-2-4-9-14/h2-10,17H,11-12H2,1H3. The number of carbonyl (C=O) groups is 1. The van der Waals surface area contributed by atoms with Crippen LogP contribution in [0.3, 0.4) is 0 Å². The van der Waals surface area contributed by atoms with Crippen molar-refractivity contribution in [3.05, 3.63) is 71.3 Å². The molecule has 0 amide bonds. The van der Waals surface area contributed by atoms with E-state index in [1.807, 2.05) is 61.6 Å². The third kappa shape index (κ3) is 2.84. The minimum absolute atomic E-state index is 0.0994. The van der Waals surface area contributed by atoms with Gasteiger partial charge in [0, 0.05) is 11.1 Å². The van der Waals surface area contributed by atoms with Gasteiger partial charge < -0.3 is 5.32 Å². The maximum Gasteiger partial charge on any atom is 0.193 e. The van der Waals surface area contributed by atoms with Crippen molar-refractivity contribution in [2.24, 2.45) is 0 Å². The molecule has 1 N–H and O–H groups in total. The fourth-order valence-corrected chi connectivity index (χ4v) is 1.96. The molecular formula is C16H17NO. The number of benzene rings is 2. The van der Waals surface area contributed by atoms with Gasteiger partial charge in [-0.15, -0.1) is 0 Å². The summed E-state index contributed by atoms with van der Waals surface area (Å²) in [5, 5.41) is 3.11. The SMILES string of the molecule is CNCCc1ccccc1C(=O)c1ccccc1. The van der Waals surface area contributed by atoms with E-state index in [9.17, 15) is 4.79 Å². The number of likely N-dealkylation sites (N-methyl/N-ethyl adjacent to an activating group) is 1. The second-order valence-electron chi connectivity index (χ2n) is 4.21. The topological polar surface area (TPSA) is 29.1 Å². The highest BCUT2D eigenvalue weighted by Gasteiger charge is 2.12. The summed E-state index contributed by atoms with van der Waals surface area (Å²) >= 11 is 0. The molecule has 0 saturated carbocycles. The zero-order chi connectivity index (χ0) is 12.8. The first-order valence-corrected chi connectivity index (χ1v) is 6.15. The van der Waals surface area contributed by atoms with Crippen LogP contribution in [0.4, 0.5) is 0 Å². The van der Waals surface area contributed by atoms with E-state index in [0.717, 1.165) is 29.7 Å². The summed E-state index contributed by atoms with van der Waals surface area (Å²) in [5.74, 6) is 0.0994. The smallest absolute Gasteiger partial charge is 0.193 e. The molecule has 0 saturated heterocycles. The second-order valence-corrected chi connectivity index (χ2v) is 4.21. The molecule has 0 atom stereocenters. The van der Waals surface area contributed by atoms with E-state index in [1.54, 1.807) is 0 Å². The lowest BCUT2D eigenvalue weighted by molar-refractivity contribution is 0.103. The van der Waals surface area contributed by atoms with Gasteiger partial charge in [0.15, 0.2) is 5.78 Å². The van der Waals surface area contributed by atoms with Crippen molar-refractivity contribution in [2.45, 2.75) is 6.42 Å². The molecule has 0 aromatic heterocycles. The molecule has 0 radical (unpaired) electrons. The van der Waals surface area contributed by atoms with E-state index < -0.39 is 0 Å². The monoisotopic (exact) mass is 239 g/mol. The number of rotatable bonds is 5. The van der Waals surface area contributed by atoms with Crippen LogP contribution in [0, 0.1) is 0 Å². The Balaban J connectivity index is 2.30. The summed E-state index contributed by atoms with van der Waals surface area (Å²) in [4.78, 5) is 12.4. The van der Waals surface area contributed by atoms with Gasteiger partial charge in [-0.3, -0.25) is 4.79 Å². The van der Waals surface area contributed by atoms with Crippen LogP contribution in [-0.4, -0.2) is 19.4 Å². The van der Waals surface area contributed by atoms with Gasteiger partial charge in [-0.1, -0.05) is 54.6 Å². The lowest BCUT2D eigenvalue weighted by atomic mass is 9.97. The van der Waals surface area contributed by atoms with Gasteiger partial charge in [0.05, 0.1) is 0 Å². The molecule has 18 heavy (non-hydrogen) atoms. The van der Waals surface area contributed by atoms with Crippen LogP contribution in [-0.2, 0) is 6.42 Å². The van der Waals surface area contributed by atoms with Crippen molar-refractivity contribution in [1.82, 2.24) is 5.32 Å². The molecule has 0 aliphatic carbocycles. The van der Waals surface area contributed by atoms with Gasteiger partial charge >= 0.3 is 0 Å². The molecule has 2 rings (SSSR count). The first-order chi connectivity index (χ1) is 8.83. The number of ketones is 1. The van der Waals surface area contributed by atoms with E-state index in [1.165, 1.54) is 0 Å². The fourth-order valence-electron chi connectivity index (χ4n) is 1.96. The van der Waals surface area contributed by atoms with Crippen LogP contribution in [0.2, 0.25) is 0 Å². The van der Waals surface area contributed by atoms with Crippen LogP contribution in [0.25, 0.3) is 0 Å². The van der Waals surface area contributed by atoms with Crippen molar-refractivity contribution >= 4 is 5.78 Å². The maximum absolute atomic E-state index is 12.4. The highest BCUT2D eigenvalue weighted by atomic mass is 16.1. The van der Waals surface area contributed by atoms with Gasteiger partial charge in [0.2, 0.25) is 0 Å². The molecule has 2 nitrogen and oxygen atoms in total. The van der Waals surface area contributed by atoms with Gasteiger partial charge in [-0.25, -0.2) is 0 Å². The minimum Gasteiger partial charge on any atom is -0.319 e. The zero-order valence-electron chi connectivity index (χ0n) is 10.5. The van der Waals surface area contributed by atoms with Crippen LogP contribution in [0.5, 0.6) is 0 Å². The summed E-state index contributed by atoms with van der Waals surface area (Å²) in [6.07, 6.45) is 0.866. The van der Waals surface area contributed by atoms with Crippen LogP contribution < -0.4 is 5.32 Å². The first kappa shape index (κ1) is 12.5. The summed E-state index contributed by atoms with van der Waals surface area (Å²) in [7, 11) is 1.92. The van der Waals surface area contributed by atoms with E-state index in [-0.39, 0.29) is 5.78 Å². The van der Waals surface area contributed by atoms with E-state index >= 15 is 0 Å². The molecular weight excluding hydrogens is 222 g/mol. The Hall–Kier alpha value is -1.93. The molecule has 0 aliphatic rings. The number of hydrogen-bond donors (Lipinski definition) is 1. The molecule has 0 heterocycles. The second kappa shape index (κ2) is 6.12. The molecule has 92 valence electrons. The third-order valence-corrected chi connectivity index (χ3v) is 2.94. The fraction of sp³-hybridized carbons (Fsp3) is 0.188. The summed E-state index contributed by atoms with van der Waals surface area (Å²) < 4.78 is 0. The normalized spacial score (nSPS) is 10.3. The lowest BCUT2D eigenvalue weighted by Gasteiger charge is -2.08. The predicted molar refractivity (Wildman–Crippen MR) is 73.9 cm³/mol. The van der Waals surface area contributed by atoms with E-state index in [2.05, 4.69) is 5.32 Å². The van der Waals surface area contributed by atoms with Crippen molar-refractivity contribution in [2.75, 3.05) is 13.6 Å². The van der Waals surface area contributed by atoms with E-state index in [0.29, 0.717) is 0 Å². The van der Waals surface area contributed by atoms with Crippen molar-refractivity contribution in [3.8, 4) is 0 Å². The van der Waals surface area contributed by atoms with Crippen molar-refractivity contribution in [3.63, 3.8) is 0 Å². The van der Waals surface area contributed by atoms with Gasteiger partial charge in [0.25, 0.3) is 0 Å². The van der Waals surface area contributed by atoms with E-state index in [4.69, 9.17) is 0 Å². The first-order valence-electron chi connectivity index (χ1n) is 6.15. The van der Waals surface area contributed by atoms with Crippen LogP contribution in [0.15, 0.2) is 54.6 Å². The molecule has 0 aliphatic heterocycles. The minimum atomic E-state index is 0.0994. The van der Waals surface area contributed by atoms with Gasteiger partial charge in [-0.05, 0) is 25.6 Å². The Morgan fingerprint density at radius 2 is 1.67 bits per heavy atom. The Bertz CT molecular complexity index is 520. The Kier molecular flexibility index (Phi) is 4.26. The number of hydrogen-bond acceptors (Lipinski definition) is 2. The lowest BCUT2D eigenvalue weighted by Crippen LogP contribution is -2.13. The molecule has 2 aromatic rings. The average molecular weight is 239 g/mol. The maximum atomic E-state index is 12.4. The number of nitrogens with one attached hydrogen (secondary N) is 1. The van der Waals surface area contributed by atoms with Gasteiger partial charge in [0.1, 0.15) is 0 Å². The third-order valence-electron chi connectivity index (χ3n) is 2.94.